The average molecular weight is 252 g/mol. The Hall–Kier alpha value is -0.130. The fraction of sp³-hybridized carbons (Fsp3) is 1.00. The Morgan fingerprint density at radius 2 is 1.69 bits per heavy atom. The van der Waals surface area contributed by atoms with Crippen LogP contribution in [-0.4, -0.2) is 43.3 Å². The molecular formula is C11H24O4S. The summed E-state index contributed by atoms with van der Waals surface area (Å²) in [6.45, 7) is 6.92. The summed E-state index contributed by atoms with van der Waals surface area (Å²) in [5.41, 5.74) is -0.339. The Morgan fingerprint density at radius 3 is 2.00 bits per heavy atom. The van der Waals surface area contributed by atoms with Crippen molar-refractivity contribution in [2.24, 2.45) is 0 Å². The van der Waals surface area contributed by atoms with Crippen molar-refractivity contribution in [3.63, 3.8) is 0 Å². The van der Waals surface area contributed by atoms with Gasteiger partial charge in [0.1, 0.15) is 0 Å². The maximum atomic E-state index is 11.5. The van der Waals surface area contributed by atoms with Gasteiger partial charge in [-0.3, -0.25) is 0 Å². The molecule has 0 aliphatic heterocycles. The molecule has 0 saturated carbocycles. The molecule has 0 saturated heterocycles. The molecule has 5 heteroatoms. The van der Waals surface area contributed by atoms with Gasteiger partial charge in [0.15, 0.2) is 9.84 Å². The minimum Gasteiger partial charge on any atom is -0.392 e. The number of methoxy groups -OCH3 is 1. The van der Waals surface area contributed by atoms with Crippen molar-refractivity contribution in [2.75, 3.05) is 13.4 Å². The van der Waals surface area contributed by atoms with E-state index in [9.17, 15) is 13.5 Å². The van der Waals surface area contributed by atoms with Crippen molar-refractivity contribution in [3.05, 3.63) is 0 Å². The van der Waals surface area contributed by atoms with E-state index in [1.807, 2.05) is 13.8 Å². The lowest BCUT2D eigenvalue weighted by molar-refractivity contribution is -0.000222. The van der Waals surface area contributed by atoms with Crippen molar-refractivity contribution in [1.82, 2.24) is 0 Å². The van der Waals surface area contributed by atoms with Crippen molar-refractivity contribution in [1.29, 1.82) is 0 Å². The normalized spacial score (nSPS) is 16.2. The Kier molecular flexibility index (Phi) is 4.98. The molecule has 1 atom stereocenters. The number of hydrogen-bond donors (Lipinski definition) is 1. The molecule has 0 aliphatic rings. The molecule has 0 radical (unpaired) electrons. The molecular weight excluding hydrogens is 228 g/mol. The molecule has 0 rings (SSSR count). The topological polar surface area (TPSA) is 63.6 Å². The highest BCUT2D eigenvalue weighted by molar-refractivity contribution is 7.92. The first-order chi connectivity index (χ1) is 6.94. The van der Waals surface area contributed by atoms with Gasteiger partial charge >= 0.3 is 0 Å². The number of ether oxygens (including phenoxy) is 1. The molecule has 1 N–H and O–H groups in total. The first-order valence-electron chi connectivity index (χ1n) is 5.37. The predicted molar refractivity (Wildman–Crippen MR) is 65.3 cm³/mol. The third kappa shape index (κ3) is 4.03. The Balaban J connectivity index is 4.55. The van der Waals surface area contributed by atoms with Crippen LogP contribution in [0.3, 0.4) is 0 Å². The third-order valence-corrected chi connectivity index (χ3v) is 5.51. The lowest BCUT2D eigenvalue weighted by Gasteiger charge is -2.31. The molecule has 0 heterocycles. The number of aliphatic hydroxyl groups is 1. The summed E-state index contributed by atoms with van der Waals surface area (Å²) in [5, 5.41) is 9.94. The van der Waals surface area contributed by atoms with Gasteiger partial charge in [-0.25, -0.2) is 8.42 Å². The minimum atomic E-state index is -3.27. The van der Waals surface area contributed by atoms with E-state index in [1.54, 1.807) is 21.0 Å². The number of rotatable bonds is 6. The molecule has 0 aromatic heterocycles. The lowest BCUT2D eigenvalue weighted by atomic mass is 9.94. The van der Waals surface area contributed by atoms with Gasteiger partial charge < -0.3 is 9.84 Å². The highest BCUT2D eigenvalue weighted by atomic mass is 32.2. The number of aliphatic hydroxyl groups excluding tert-OH is 1. The molecule has 4 nitrogen and oxygen atoms in total. The average Bonchev–Trinajstić information content (AvgIpc) is 2.12. The monoisotopic (exact) mass is 252 g/mol. The van der Waals surface area contributed by atoms with Gasteiger partial charge in [0, 0.05) is 13.4 Å². The Morgan fingerprint density at radius 1 is 1.25 bits per heavy atom. The van der Waals surface area contributed by atoms with Crippen molar-refractivity contribution in [2.45, 2.75) is 57.0 Å². The summed E-state index contributed by atoms with van der Waals surface area (Å²) in [5.74, 6) is 0. The molecule has 16 heavy (non-hydrogen) atoms. The Labute approximate surface area is 98.9 Å². The molecule has 0 aromatic rings. The third-order valence-electron chi connectivity index (χ3n) is 3.33. The van der Waals surface area contributed by atoms with E-state index >= 15 is 0 Å². The van der Waals surface area contributed by atoms with Crippen molar-refractivity contribution in [3.8, 4) is 0 Å². The zero-order valence-electron chi connectivity index (χ0n) is 11.1. The highest BCUT2D eigenvalue weighted by Gasteiger charge is 2.38. The lowest BCUT2D eigenvalue weighted by Crippen LogP contribution is -2.44. The van der Waals surface area contributed by atoms with Crippen molar-refractivity contribution >= 4 is 9.84 Å². The summed E-state index contributed by atoms with van der Waals surface area (Å²) in [7, 11) is -1.66. The fourth-order valence-corrected chi connectivity index (χ4v) is 1.79. The molecule has 98 valence electrons. The van der Waals surface area contributed by atoms with E-state index in [4.69, 9.17) is 4.74 Å². The summed E-state index contributed by atoms with van der Waals surface area (Å²) < 4.78 is 27.1. The van der Waals surface area contributed by atoms with E-state index in [2.05, 4.69) is 0 Å². The highest BCUT2D eigenvalue weighted by Crippen LogP contribution is 2.26. The second kappa shape index (κ2) is 5.02. The van der Waals surface area contributed by atoms with Crippen LogP contribution in [0.2, 0.25) is 0 Å². The molecule has 0 spiro atoms. The first-order valence-corrected chi connectivity index (χ1v) is 7.26. The zero-order valence-corrected chi connectivity index (χ0v) is 11.9. The first kappa shape index (κ1) is 15.9. The summed E-state index contributed by atoms with van der Waals surface area (Å²) in [4.78, 5) is 0. The maximum Gasteiger partial charge on any atom is 0.155 e. The molecule has 0 amide bonds. The maximum absolute atomic E-state index is 11.5. The van der Waals surface area contributed by atoms with Crippen LogP contribution in [0.5, 0.6) is 0 Å². The van der Waals surface area contributed by atoms with Crippen LogP contribution < -0.4 is 0 Å². The smallest absolute Gasteiger partial charge is 0.155 e. The largest absolute Gasteiger partial charge is 0.392 e. The van der Waals surface area contributed by atoms with Crippen LogP contribution in [0.4, 0.5) is 0 Å². The summed E-state index contributed by atoms with van der Waals surface area (Å²) in [6, 6.07) is 0. The molecule has 0 aliphatic carbocycles. The predicted octanol–water partition coefficient (Wildman–Crippen LogP) is 1.38. The molecule has 1 unspecified atom stereocenters. The zero-order chi connectivity index (χ0) is 13.2. The van der Waals surface area contributed by atoms with Gasteiger partial charge in [-0.05, 0) is 40.5 Å². The van der Waals surface area contributed by atoms with Crippen LogP contribution >= 0.6 is 0 Å². The number of sulfone groups is 1. The Bertz CT molecular complexity index is 317. The van der Waals surface area contributed by atoms with E-state index in [-0.39, 0.29) is 5.60 Å². The SMILES string of the molecule is COC(C)(C)CCC(O)C(C)(C)S(C)(=O)=O. The van der Waals surface area contributed by atoms with Gasteiger partial charge in [0.2, 0.25) is 0 Å². The van der Waals surface area contributed by atoms with Crippen LogP contribution in [0.1, 0.15) is 40.5 Å². The minimum absolute atomic E-state index is 0.339. The van der Waals surface area contributed by atoms with Crippen LogP contribution in [0.15, 0.2) is 0 Å². The second-order valence-electron chi connectivity index (χ2n) is 5.39. The van der Waals surface area contributed by atoms with Gasteiger partial charge in [-0.1, -0.05) is 0 Å². The molecule has 0 bridgehead atoms. The van der Waals surface area contributed by atoms with Crippen LogP contribution in [0.25, 0.3) is 0 Å². The van der Waals surface area contributed by atoms with Crippen LogP contribution in [0, 0.1) is 0 Å². The summed E-state index contributed by atoms with van der Waals surface area (Å²) >= 11 is 0. The van der Waals surface area contributed by atoms with E-state index in [0.29, 0.717) is 12.8 Å². The molecule has 0 fully saturated rings. The van der Waals surface area contributed by atoms with Gasteiger partial charge in [0.05, 0.1) is 16.5 Å². The molecule has 0 aromatic carbocycles. The van der Waals surface area contributed by atoms with Crippen molar-refractivity contribution < 1.29 is 18.3 Å². The standard InChI is InChI=1S/C11H24O4S/c1-10(2,15-5)8-7-9(12)11(3,4)16(6,13)14/h9,12H,7-8H2,1-6H3. The van der Waals surface area contributed by atoms with E-state index in [0.717, 1.165) is 6.26 Å². The van der Waals surface area contributed by atoms with Crippen LogP contribution in [-0.2, 0) is 14.6 Å². The summed E-state index contributed by atoms with van der Waals surface area (Å²) in [6.07, 6.45) is 1.29. The van der Waals surface area contributed by atoms with Gasteiger partial charge in [-0.2, -0.15) is 0 Å². The van der Waals surface area contributed by atoms with Gasteiger partial charge in [-0.15, -0.1) is 0 Å². The van der Waals surface area contributed by atoms with E-state index < -0.39 is 20.7 Å². The quantitative estimate of drug-likeness (QED) is 0.775. The fourth-order valence-electron chi connectivity index (χ4n) is 1.18. The second-order valence-corrected chi connectivity index (χ2v) is 7.99. The number of hydrogen-bond acceptors (Lipinski definition) is 4. The van der Waals surface area contributed by atoms with Gasteiger partial charge in [0.25, 0.3) is 0 Å². The van der Waals surface area contributed by atoms with E-state index in [1.165, 1.54) is 0 Å².